The van der Waals surface area contributed by atoms with E-state index < -0.39 is 0 Å². The summed E-state index contributed by atoms with van der Waals surface area (Å²) in [6.45, 7) is 2.11. The molecule has 0 radical (unpaired) electrons. The Balaban J connectivity index is 1.61. The predicted octanol–water partition coefficient (Wildman–Crippen LogP) is 5.92. The third-order valence-electron chi connectivity index (χ3n) is 5.26. The lowest BCUT2D eigenvalue weighted by molar-refractivity contribution is 0.573. The van der Waals surface area contributed by atoms with E-state index in [1.165, 1.54) is 24.1 Å². The molecule has 0 atom stereocenters. The molecule has 3 aromatic heterocycles. The predicted molar refractivity (Wildman–Crippen MR) is 120 cm³/mol. The van der Waals surface area contributed by atoms with Crippen molar-refractivity contribution >= 4 is 17.2 Å². The number of piperidine rings is 1. The first kappa shape index (κ1) is 18.0. The van der Waals surface area contributed by atoms with Crippen LogP contribution >= 0.6 is 11.3 Å². The summed E-state index contributed by atoms with van der Waals surface area (Å²) in [5, 5.41) is 2.09. The van der Waals surface area contributed by atoms with Gasteiger partial charge in [-0.05, 0) is 36.8 Å². The molecule has 29 heavy (non-hydrogen) atoms. The molecule has 5 rings (SSSR count). The summed E-state index contributed by atoms with van der Waals surface area (Å²) in [5.41, 5.74) is 4.10. The van der Waals surface area contributed by atoms with Gasteiger partial charge in [0, 0.05) is 53.1 Å². The van der Waals surface area contributed by atoms with Gasteiger partial charge in [-0.1, -0.05) is 36.4 Å². The summed E-state index contributed by atoms with van der Waals surface area (Å²) >= 11 is 1.72. The standard InChI is InChI=1S/C24H22N4S/c1-3-8-18(9-4-1)24-26-21(15-23(27-24)28-11-5-2-6-12-28)19-14-20(17-25-16-19)22-10-7-13-29-22/h1,3-4,7-10,13-17H,2,5-6,11-12H2. The number of rotatable bonds is 4. The zero-order chi connectivity index (χ0) is 19.5. The number of pyridine rings is 1. The maximum absolute atomic E-state index is 4.92. The van der Waals surface area contributed by atoms with Crippen molar-refractivity contribution < 1.29 is 0 Å². The van der Waals surface area contributed by atoms with Gasteiger partial charge in [0.1, 0.15) is 5.82 Å². The second kappa shape index (κ2) is 8.13. The number of anilines is 1. The zero-order valence-electron chi connectivity index (χ0n) is 16.2. The highest BCUT2D eigenvalue weighted by atomic mass is 32.1. The van der Waals surface area contributed by atoms with Crippen molar-refractivity contribution in [3.8, 4) is 33.1 Å². The maximum Gasteiger partial charge on any atom is 0.162 e. The molecule has 144 valence electrons. The van der Waals surface area contributed by atoms with E-state index in [0.717, 1.165) is 47.1 Å². The monoisotopic (exact) mass is 398 g/mol. The summed E-state index contributed by atoms with van der Waals surface area (Å²) in [7, 11) is 0. The van der Waals surface area contributed by atoms with Crippen molar-refractivity contribution in [3.63, 3.8) is 0 Å². The fraction of sp³-hybridized carbons (Fsp3) is 0.208. The number of nitrogens with zero attached hydrogens (tertiary/aromatic N) is 4. The largest absolute Gasteiger partial charge is 0.356 e. The highest BCUT2D eigenvalue weighted by Crippen LogP contribution is 2.31. The van der Waals surface area contributed by atoms with Crippen molar-refractivity contribution in [1.29, 1.82) is 0 Å². The maximum atomic E-state index is 4.92. The lowest BCUT2D eigenvalue weighted by Crippen LogP contribution is -2.30. The van der Waals surface area contributed by atoms with Gasteiger partial charge in [-0.25, -0.2) is 9.97 Å². The molecule has 0 saturated carbocycles. The van der Waals surface area contributed by atoms with Crippen LogP contribution in [0.2, 0.25) is 0 Å². The minimum absolute atomic E-state index is 0.769. The Morgan fingerprint density at radius 1 is 0.759 bits per heavy atom. The topological polar surface area (TPSA) is 41.9 Å². The normalized spacial score (nSPS) is 14.1. The van der Waals surface area contributed by atoms with E-state index in [0.29, 0.717) is 0 Å². The van der Waals surface area contributed by atoms with E-state index in [2.05, 4.69) is 51.7 Å². The third-order valence-corrected chi connectivity index (χ3v) is 6.18. The van der Waals surface area contributed by atoms with Gasteiger partial charge in [0.05, 0.1) is 5.69 Å². The molecule has 5 heteroatoms. The van der Waals surface area contributed by atoms with Gasteiger partial charge in [-0.15, -0.1) is 11.3 Å². The van der Waals surface area contributed by atoms with E-state index in [1.54, 1.807) is 11.3 Å². The summed E-state index contributed by atoms with van der Waals surface area (Å²) in [6, 6.07) is 18.7. The molecule has 0 spiro atoms. The average Bonchev–Trinajstić information content (AvgIpc) is 3.35. The molecule has 0 aliphatic carbocycles. The first-order valence-electron chi connectivity index (χ1n) is 10.1. The molecule has 1 saturated heterocycles. The molecule has 1 aliphatic heterocycles. The molecule has 4 nitrogen and oxygen atoms in total. The van der Waals surface area contributed by atoms with Gasteiger partial charge in [0.15, 0.2) is 5.82 Å². The Morgan fingerprint density at radius 3 is 2.38 bits per heavy atom. The number of benzene rings is 1. The molecule has 0 amide bonds. The van der Waals surface area contributed by atoms with Crippen LogP contribution < -0.4 is 4.90 Å². The first-order valence-corrected chi connectivity index (χ1v) is 10.9. The SMILES string of the molecule is c1ccc(-c2nc(-c3cncc(-c4cccs4)c3)cc(N3CCCCC3)n2)cc1. The molecule has 1 aromatic carbocycles. The highest BCUT2D eigenvalue weighted by Gasteiger charge is 2.16. The van der Waals surface area contributed by atoms with Gasteiger partial charge >= 0.3 is 0 Å². The molecule has 1 aliphatic rings. The number of thiophene rings is 1. The Morgan fingerprint density at radius 2 is 1.59 bits per heavy atom. The van der Waals surface area contributed by atoms with Crippen molar-refractivity contribution in [3.05, 3.63) is 72.4 Å². The fourth-order valence-corrected chi connectivity index (χ4v) is 4.45. The van der Waals surface area contributed by atoms with Gasteiger partial charge in [-0.2, -0.15) is 0 Å². The van der Waals surface area contributed by atoms with Crippen molar-refractivity contribution in [2.75, 3.05) is 18.0 Å². The molecule has 0 bridgehead atoms. The fourth-order valence-electron chi connectivity index (χ4n) is 3.74. The van der Waals surface area contributed by atoms with Crippen LogP contribution in [-0.2, 0) is 0 Å². The van der Waals surface area contributed by atoms with E-state index in [-0.39, 0.29) is 0 Å². The van der Waals surface area contributed by atoms with Crippen LogP contribution in [0.25, 0.3) is 33.1 Å². The molecule has 4 heterocycles. The molecular weight excluding hydrogens is 376 g/mol. The first-order chi connectivity index (χ1) is 14.4. The van der Waals surface area contributed by atoms with Crippen LogP contribution in [0.4, 0.5) is 5.82 Å². The number of hydrogen-bond acceptors (Lipinski definition) is 5. The van der Waals surface area contributed by atoms with Crippen molar-refractivity contribution in [1.82, 2.24) is 15.0 Å². The van der Waals surface area contributed by atoms with E-state index in [1.807, 2.05) is 30.6 Å². The Labute approximate surface area is 174 Å². The van der Waals surface area contributed by atoms with Gasteiger partial charge in [-0.3, -0.25) is 4.98 Å². The highest BCUT2D eigenvalue weighted by molar-refractivity contribution is 7.13. The smallest absolute Gasteiger partial charge is 0.162 e. The molecule has 0 N–H and O–H groups in total. The summed E-state index contributed by atoms with van der Waals surface area (Å²) < 4.78 is 0. The van der Waals surface area contributed by atoms with Crippen LogP contribution in [0.3, 0.4) is 0 Å². The Bertz CT molecular complexity index is 1090. The summed E-state index contributed by atoms with van der Waals surface area (Å²) in [5.74, 6) is 1.78. The number of aromatic nitrogens is 3. The van der Waals surface area contributed by atoms with E-state index in [9.17, 15) is 0 Å². The van der Waals surface area contributed by atoms with Crippen LogP contribution in [0, 0.1) is 0 Å². The summed E-state index contributed by atoms with van der Waals surface area (Å²) in [4.78, 5) is 17.9. The molecule has 4 aromatic rings. The van der Waals surface area contributed by atoms with Gasteiger partial charge < -0.3 is 4.90 Å². The minimum Gasteiger partial charge on any atom is -0.356 e. The molecule has 0 unspecified atom stereocenters. The molecule has 1 fully saturated rings. The zero-order valence-corrected chi connectivity index (χ0v) is 17.0. The quantitative estimate of drug-likeness (QED) is 0.428. The van der Waals surface area contributed by atoms with E-state index in [4.69, 9.17) is 9.97 Å². The Kier molecular flexibility index (Phi) is 5.05. The van der Waals surface area contributed by atoms with Crippen molar-refractivity contribution in [2.45, 2.75) is 19.3 Å². The second-order valence-electron chi connectivity index (χ2n) is 7.29. The number of hydrogen-bond donors (Lipinski definition) is 0. The van der Waals surface area contributed by atoms with Crippen LogP contribution in [0.1, 0.15) is 19.3 Å². The lowest BCUT2D eigenvalue weighted by atomic mass is 10.1. The third kappa shape index (κ3) is 3.91. The van der Waals surface area contributed by atoms with Gasteiger partial charge in [0.25, 0.3) is 0 Å². The second-order valence-corrected chi connectivity index (χ2v) is 8.24. The van der Waals surface area contributed by atoms with Crippen LogP contribution in [0.15, 0.2) is 72.4 Å². The summed E-state index contributed by atoms with van der Waals surface area (Å²) in [6.07, 6.45) is 7.55. The van der Waals surface area contributed by atoms with Crippen molar-refractivity contribution in [2.24, 2.45) is 0 Å². The molecular formula is C24H22N4S. The average molecular weight is 399 g/mol. The van der Waals surface area contributed by atoms with E-state index >= 15 is 0 Å². The lowest BCUT2D eigenvalue weighted by Gasteiger charge is -2.28. The minimum atomic E-state index is 0.769. The van der Waals surface area contributed by atoms with Gasteiger partial charge in [0.2, 0.25) is 0 Å². The Hall–Kier alpha value is -3.05. The van der Waals surface area contributed by atoms with Crippen LogP contribution in [-0.4, -0.2) is 28.0 Å². The van der Waals surface area contributed by atoms with Crippen LogP contribution in [0.5, 0.6) is 0 Å².